The molecule has 0 aliphatic heterocycles. The lowest BCUT2D eigenvalue weighted by Gasteiger charge is -2.11. The molecule has 112 valence electrons. The molecule has 4 nitrogen and oxygen atoms in total. The first-order chi connectivity index (χ1) is 9.44. The van der Waals surface area contributed by atoms with Crippen molar-refractivity contribution in [2.75, 3.05) is 7.11 Å². The molecule has 1 aromatic rings. The molecule has 0 aromatic heterocycles. The lowest BCUT2D eigenvalue weighted by atomic mass is 10.1. The molecule has 1 N–H and O–H groups in total. The minimum absolute atomic E-state index is 0.390. The molecular weight excluding hydrogens is 254 g/mol. The highest BCUT2D eigenvalue weighted by atomic mass is 16.5. The first kappa shape index (κ1) is 18.2. The van der Waals surface area contributed by atoms with Gasteiger partial charge in [-0.2, -0.15) is 0 Å². The average molecular weight is 279 g/mol. The van der Waals surface area contributed by atoms with Crippen molar-refractivity contribution >= 4 is 12.4 Å². The van der Waals surface area contributed by atoms with Crippen molar-refractivity contribution in [1.82, 2.24) is 5.32 Å². The summed E-state index contributed by atoms with van der Waals surface area (Å²) in [6.45, 7) is 8.31. The summed E-state index contributed by atoms with van der Waals surface area (Å²) in [5, 5.41) is 2.38. The molecule has 0 heterocycles. The fourth-order valence-corrected chi connectivity index (χ4v) is 1.98. The SMILES string of the molecule is CCC[C@H](NC=O)C(=O)OC.Cc1cc(C)cc(C)c1. The molecule has 1 amide bonds. The Hall–Kier alpha value is -1.84. The van der Waals surface area contributed by atoms with Crippen molar-refractivity contribution < 1.29 is 14.3 Å². The van der Waals surface area contributed by atoms with E-state index < -0.39 is 6.04 Å². The monoisotopic (exact) mass is 279 g/mol. The van der Waals surface area contributed by atoms with Crippen LogP contribution in [0, 0.1) is 20.8 Å². The zero-order valence-electron chi connectivity index (χ0n) is 13.0. The van der Waals surface area contributed by atoms with Gasteiger partial charge in [0.15, 0.2) is 0 Å². The first-order valence-corrected chi connectivity index (χ1v) is 6.77. The third-order valence-electron chi connectivity index (χ3n) is 2.70. The number of aryl methyl sites for hydroxylation is 3. The molecule has 0 aliphatic carbocycles. The van der Waals surface area contributed by atoms with Gasteiger partial charge in [0, 0.05) is 0 Å². The van der Waals surface area contributed by atoms with Gasteiger partial charge < -0.3 is 10.1 Å². The number of amides is 1. The van der Waals surface area contributed by atoms with Crippen LogP contribution in [0.15, 0.2) is 18.2 Å². The number of methoxy groups -OCH3 is 1. The highest BCUT2D eigenvalue weighted by molar-refractivity contribution is 5.77. The van der Waals surface area contributed by atoms with Gasteiger partial charge in [-0.05, 0) is 27.2 Å². The van der Waals surface area contributed by atoms with Gasteiger partial charge in [0.1, 0.15) is 6.04 Å². The highest BCUT2D eigenvalue weighted by Gasteiger charge is 2.15. The standard InChI is InChI=1S/C9H12.C7H13NO3/c1-7-4-8(2)6-9(3)5-7;1-3-4-6(8-5-9)7(10)11-2/h4-6H,1-3H3;5-6H,3-4H2,1-2H3,(H,8,9)/t;6-/m.0/s1. The fourth-order valence-electron chi connectivity index (χ4n) is 1.98. The lowest BCUT2D eigenvalue weighted by Crippen LogP contribution is -2.36. The van der Waals surface area contributed by atoms with E-state index in [1.807, 2.05) is 6.92 Å². The van der Waals surface area contributed by atoms with E-state index >= 15 is 0 Å². The van der Waals surface area contributed by atoms with Gasteiger partial charge in [-0.15, -0.1) is 0 Å². The Bertz CT molecular complexity index is 379. The molecule has 0 bridgehead atoms. The molecule has 4 heteroatoms. The zero-order chi connectivity index (χ0) is 15.5. The molecule has 1 atom stereocenters. The van der Waals surface area contributed by atoms with E-state index in [9.17, 15) is 9.59 Å². The molecule has 0 saturated carbocycles. The van der Waals surface area contributed by atoms with Crippen molar-refractivity contribution in [2.45, 2.75) is 46.6 Å². The van der Waals surface area contributed by atoms with Crippen LogP contribution in [0.1, 0.15) is 36.5 Å². The summed E-state index contributed by atoms with van der Waals surface area (Å²) >= 11 is 0. The summed E-state index contributed by atoms with van der Waals surface area (Å²) in [6, 6.07) is 6.08. The van der Waals surface area contributed by atoms with Gasteiger partial charge in [0.05, 0.1) is 7.11 Å². The Morgan fingerprint density at radius 3 is 1.95 bits per heavy atom. The molecule has 0 unspecified atom stereocenters. The maximum Gasteiger partial charge on any atom is 0.328 e. The van der Waals surface area contributed by atoms with Gasteiger partial charge in [0.25, 0.3) is 0 Å². The van der Waals surface area contributed by atoms with Crippen molar-refractivity contribution in [3.05, 3.63) is 34.9 Å². The van der Waals surface area contributed by atoms with Gasteiger partial charge >= 0.3 is 5.97 Å². The third kappa shape index (κ3) is 7.56. The van der Waals surface area contributed by atoms with E-state index in [0.717, 1.165) is 6.42 Å². The summed E-state index contributed by atoms with van der Waals surface area (Å²) in [7, 11) is 1.30. The zero-order valence-corrected chi connectivity index (χ0v) is 13.0. The summed E-state index contributed by atoms with van der Waals surface area (Å²) in [5.74, 6) is -0.390. The second-order valence-electron chi connectivity index (χ2n) is 4.81. The number of esters is 1. The molecule has 0 aliphatic rings. The van der Waals surface area contributed by atoms with Gasteiger partial charge in [-0.25, -0.2) is 4.79 Å². The topological polar surface area (TPSA) is 55.4 Å². The average Bonchev–Trinajstić information content (AvgIpc) is 2.36. The Morgan fingerprint density at radius 2 is 1.65 bits per heavy atom. The molecule has 0 saturated heterocycles. The number of hydrogen-bond acceptors (Lipinski definition) is 3. The van der Waals surface area contributed by atoms with Gasteiger partial charge in [-0.1, -0.05) is 48.2 Å². The number of benzene rings is 1. The second-order valence-corrected chi connectivity index (χ2v) is 4.81. The predicted molar refractivity (Wildman–Crippen MR) is 80.6 cm³/mol. The summed E-state index contributed by atoms with van der Waals surface area (Å²) in [4.78, 5) is 20.8. The molecule has 0 spiro atoms. The van der Waals surface area contributed by atoms with Gasteiger partial charge in [0.2, 0.25) is 6.41 Å². The smallest absolute Gasteiger partial charge is 0.328 e. The molecule has 0 fully saturated rings. The van der Waals surface area contributed by atoms with Crippen LogP contribution < -0.4 is 5.32 Å². The van der Waals surface area contributed by atoms with Crippen molar-refractivity contribution in [1.29, 1.82) is 0 Å². The Kier molecular flexibility index (Phi) is 9.09. The van der Waals surface area contributed by atoms with E-state index in [2.05, 4.69) is 49.0 Å². The predicted octanol–water partition coefficient (Wildman–Crippen LogP) is 2.69. The van der Waals surface area contributed by atoms with Gasteiger partial charge in [-0.3, -0.25) is 4.79 Å². The minimum atomic E-state index is -0.484. The quantitative estimate of drug-likeness (QED) is 0.666. The fraction of sp³-hybridized carbons (Fsp3) is 0.500. The number of nitrogens with one attached hydrogen (secondary N) is 1. The molecule has 1 aromatic carbocycles. The van der Waals surface area contributed by atoms with Crippen LogP contribution in [0.25, 0.3) is 0 Å². The van der Waals surface area contributed by atoms with Crippen molar-refractivity contribution in [2.24, 2.45) is 0 Å². The number of ether oxygens (including phenoxy) is 1. The van der Waals surface area contributed by atoms with Crippen LogP contribution in [0.5, 0.6) is 0 Å². The van der Waals surface area contributed by atoms with Crippen molar-refractivity contribution in [3.8, 4) is 0 Å². The Labute approximate surface area is 121 Å². The van der Waals surface area contributed by atoms with E-state index in [0.29, 0.717) is 12.8 Å². The summed E-state index contributed by atoms with van der Waals surface area (Å²) in [6.07, 6.45) is 1.96. The van der Waals surface area contributed by atoms with E-state index in [-0.39, 0.29) is 5.97 Å². The molecule has 20 heavy (non-hydrogen) atoms. The van der Waals surface area contributed by atoms with E-state index in [1.54, 1.807) is 0 Å². The van der Waals surface area contributed by atoms with Crippen LogP contribution >= 0.6 is 0 Å². The van der Waals surface area contributed by atoms with Crippen LogP contribution in [0.2, 0.25) is 0 Å². The maximum atomic E-state index is 10.8. The number of carbonyl (C=O) groups excluding carboxylic acids is 2. The second kappa shape index (κ2) is 10.0. The van der Waals surface area contributed by atoms with Crippen LogP contribution in [-0.2, 0) is 14.3 Å². The lowest BCUT2D eigenvalue weighted by molar-refractivity contribution is -0.144. The van der Waals surface area contributed by atoms with E-state index in [1.165, 1.54) is 23.8 Å². The minimum Gasteiger partial charge on any atom is -0.467 e. The van der Waals surface area contributed by atoms with Crippen LogP contribution in [0.4, 0.5) is 0 Å². The number of carbonyl (C=O) groups is 2. The van der Waals surface area contributed by atoms with E-state index in [4.69, 9.17) is 0 Å². The first-order valence-electron chi connectivity index (χ1n) is 6.77. The Balaban J connectivity index is 0.000000367. The number of hydrogen-bond donors (Lipinski definition) is 1. The Morgan fingerprint density at radius 1 is 1.20 bits per heavy atom. The van der Waals surface area contributed by atoms with Crippen molar-refractivity contribution in [3.63, 3.8) is 0 Å². The largest absolute Gasteiger partial charge is 0.467 e. The van der Waals surface area contributed by atoms with Crippen LogP contribution in [0.3, 0.4) is 0 Å². The third-order valence-corrected chi connectivity index (χ3v) is 2.70. The maximum absolute atomic E-state index is 10.8. The summed E-state index contributed by atoms with van der Waals surface area (Å²) in [5.41, 5.74) is 4.06. The highest BCUT2D eigenvalue weighted by Crippen LogP contribution is 2.06. The normalized spacial score (nSPS) is 10.8. The molecular formula is C16H25NO3. The number of rotatable bonds is 5. The molecule has 1 rings (SSSR count). The van der Waals surface area contributed by atoms with Crippen LogP contribution in [-0.4, -0.2) is 25.5 Å². The summed E-state index contributed by atoms with van der Waals surface area (Å²) < 4.78 is 4.46. The molecule has 0 radical (unpaired) electrons.